The van der Waals surface area contributed by atoms with Gasteiger partial charge in [-0.1, -0.05) is 12.1 Å². The van der Waals surface area contributed by atoms with Crippen LogP contribution in [-0.4, -0.2) is 15.3 Å². The van der Waals surface area contributed by atoms with Gasteiger partial charge in [-0.3, -0.25) is 4.57 Å². The van der Waals surface area contributed by atoms with Crippen molar-refractivity contribution in [3.05, 3.63) is 58.4 Å². The molecule has 0 bridgehead atoms. The van der Waals surface area contributed by atoms with Crippen LogP contribution in [0.2, 0.25) is 0 Å². The maximum Gasteiger partial charge on any atom is 0.348 e. The van der Waals surface area contributed by atoms with Crippen molar-refractivity contribution in [1.82, 2.24) is 9.55 Å². The number of aryl methyl sites for hydroxylation is 1. The van der Waals surface area contributed by atoms with Crippen molar-refractivity contribution in [2.45, 2.75) is 11.4 Å². The molecular weight excluding hydrogens is 325 g/mol. The van der Waals surface area contributed by atoms with Crippen molar-refractivity contribution in [3.63, 3.8) is 0 Å². The fraction of sp³-hybridized carbons (Fsp3) is 0.125. The number of rotatable bonds is 1. The summed E-state index contributed by atoms with van der Waals surface area (Å²) in [6, 6.07) is 4.72. The first-order chi connectivity index (χ1) is 11.1. The number of halogens is 3. The van der Waals surface area contributed by atoms with E-state index in [0.717, 1.165) is 11.5 Å². The quantitative estimate of drug-likeness (QED) is 0.638. The molecule has 0 saturated carbocycles. The predicted molar refractivity (Wildman–Crippen MR) is 82.0 cm³/mol. The van der Waals surface area contributed by atoms with Gasteiger partial charge in [0, 0.05) is 46.0 Å². The van der Waals surface area contributed by atoms with Crippen LogP contribution in [0.4, 0.5) is 13.2 Å². The molecule has 7 heteroatoms. The van der Waals surface area contributed by atoms with Gasteiger partial charge in [0.05, 0.1) is 5.52 Å². The van der Waals surface area contributed by atoms with Crippen LogP contribution in [0, 0.1) is 17.5 Å². The van der Waals surface area contributed by atoms with Crippen molar-refractivity contribution in [3.8, 4) is 11.1 Å². The minimum Gasteiger partial charge on any atom is -0.290 e. The monoisotopic (exact) mass is 334 g/mol. The van der Waals surface area contributed by atoms with E-state index in [1.807, 2.05) is 0 Å². The van der Waals surface area contributed by atoms with E-state index in [9.17, 15) is 18.0 Å². The molecule has 3 aromatic rings. The van der Waals surface area contributed by atoms with Crippen LogP contribution in [0.25, 0.3) is 22.0 Å². The molecule has 0 amide bonds. The molecule has 1 aromatic heterocycles. The Labute approximate surface area is 132 Å². The molecule has 0 saturated heterocycles. The summed E-state index contributed by atoms with van der Waals surface area (Å²) in [6.45, 7) is 0.505. The number of thioether (sulfide) groups is 1. The van der Waals surface area contributed by atoms with Crippen LogP contribution in [0.5, 0.6) is 0 Å². The Morgan fingerprint density at radius 3 is 2.65 bits per heavy atom. The average Bonchev–Trinajstić information content (AvgIpc) is 2.55. The minimum absolute atomic E-state index is 0.0222. The lowest BCUT2D eigenvalue weighted by Crippen LogP contribution is -2.26. The molecule has 1 aliphatic heterocycles. The van der Waals surface area contributed by atoms with E-state index >= 15 is 0 Å². The van der Waals surface area contributed by atoms with Gasteiger partial charge < -0.3 is 0 Å². The molecule has 3 nitrogen and oxygen atoms in total. The van der Waals surface area contributed by atoms with Crippen molar-refractivity contribution in [2.75, 3.05) is 5.75 Å². The first-order valence-corrected chi connectivity index (χ1v) is 7.85. The SMILES string of the molecule is O=c1ncc2ccc(-c3cc(F)c(F)cc3F)c3c2n1CCS3. The summed E-state index contributed by atoms with van der Waals surface area (Å²) in [5, 5.41) is 0.749. The summed E-state index contributed by atoms with van der Waals surface area (Å²) in [5.41, 5.74) is 0.703. The summed E-state index contributed by atoms with van der Waals surface area (Å²) in [7, 11) is 0. The Balaban J connectivity index is 2.09. The van der Waals surface area contributed by atoms with E-state index in [1.54, 1.807) is 12.1 Å². The van der Waals surface area contributed by atoms with Crippen LogP contribution < -0.4 is 5.69 Å². The molecule has 2 heterocycles. The lowest BCUT2D eigenvalue weighted by Gasteiger charge is -2.21. The van der Waals surface area contributed by atoms with Crippen LogP contribution in [0.1, 0.15) is 0 Å². The van der Waals surface area contributed by atoms with Crippen LogP contribution in [-0.2, 0) is 6.54 Å². The standard InChI is InChI=1S/C16H9F3N2OS/c17-11-6-13(19)12(18)5-10(11)9-2-1-8-7-20-16(22)21-3-4-23-15(9)14(8)21/h1-2,5-7H,3-4H2. The Kier molecular flexibility index (Phi) is 3.19. The van der Waals surface area contributed by atoms with Gasteiger partial charge in [-0.25, -0.2) is 22.9 Å². The molecule has 0 aliphatic carbocycles. The summed E-state index contributed by atoms with van der Waals surface area (Å²) in [4.78, 5) is 16.4. The Morgan fingerprint density at radius 2 is 1.83 bits per heavy atom. The molecule has 0 radical (unpaired) electrons. The zero-order valence-corrected chi connectivity index (χ0v) is 12.5. The highest BCUT2D eigenvalue weighted by atomic mass is 32.2. The van der Waals surface area contributed by atoms with E-state index in [1.165, 1.54) is 22.5 Å². The molecule has 0 spiro atoms. The summed E-state index contributed by atoms with van der Waals surface area (Å²) in [6.07, 6.45) is 1.47. The third-order valence-electron chi connectivity index (χ3n) is 3.84. The molecule has 2 aromatic carbocycles. The summed E-state index contributed by atoms with van der Waals surface area (Å²) in [5.74, 6) is -2.56. The number of hydrogen-bond acceptors (Lipinski definition) is 3. The second-order valence-electron chi connectivity index (χ2n) is 5.17. The molecule has 1 aliphatic rings. The first kappa shape index (κ1) is 14.3. The molecule has 0 fully saturated rings. The number of aromatic nitrogens is 2. The van der Waals surface area contributed by atoms with Gasteiger partial charge in [-0.05, 0) is 6.07 Å². The van der Waals surface area contributed by atoms with Crippen LogP contribution in [0.15, 0.2) is 40.2 Å². The number of hydrogen-bond donors (Lipinski definition) is 0. The van der Waals surface area contributed by atoms with Gasteiger partial charge in [0.15, 0.2) is 11.6 Å². The van der Waals surface area contributed by atoms with E-state index in [-0.39, 0.29) is 11.3 Å². The highest BCUT2D eigenvalue weighted by Crippen LogP contribution is 2.40. The maximum atomic E-state index is 14.1. The molecular formula is C16H9F3N2OS. The van der Waals surface area contributed by atoms with Crippen molar-refractivity contribution >= 4 is 22.7 Å². The van der Waals surface area contributed by atoms with Crippen molar-refractivity contribution in [2.24, 2.45) is 0 Å². The molecule has 116 valence electrons. The zero-order chi connectivity index (χ0) is 16.1. The van der Waals surface area contributed by atoms with E-state index in [4.69, 9.17) is 0 Å². The largest absolute Gasteiger partial charge is 0.348 e. The third-order valence-corrected chi connectivity index (χ3v) is 4.93. The lowest BCUT2D eigenvalue weighted by molar-refractivity contribution is 0.496. The van der Waals surface area contributed by atoms with Gasteiger partial charge in [0.25, 0.3) is 0 Å². The van der Waals surface area contributed by atoms with Gasteiger partial charge in [0.2, 0.25) is 0 Å². The normalized spacial score (nSPS) is 13.5. The number of nitrogens with zero attached hydrogens (tertiary/aromatic N) is 2. The van der Waals surface area contributed by atoms with Crippen molar-refractivity contribution < 1.29 is 13.2 Å². The fourth-order valence-electron chi connectivity index (χ4n) is 2.79. The van der Waals surface area contributed by atoms with Crippen molar-refractivity contribution in [1.29, 1.82) is 0 Å². The maximum absolute atomic E-state index is 14.1. The van der Waals surface area contributed by atoms with Gasteiger partial charge in [-0.15, -0.1) is 11.8 Å². The molecule has 23 heavy (non-hydrogen) atoms. The van der Waals surface area contributed by atoms with Crippen LogP contribution >= 0.6 is 11.8 Å². The summed E-state index contributed by atoms with van der Waals surface area (Å²) >= 11 is 1.46. The Hall–Kier alpha value is -2.28. The zero-order valence-electron chi connectivity index (χ0n) is 11.6. The second-order valence-corrected chi connectivity index (χ2v) is 6.27. The molecule has 0 N–H and O–H groups in total. The molecule has 0 unspecified atom stereocenters. The third kappa shape index (κ3) is 2.15. The van der Waals surface area contributed by atoms with E-state index in [0.29, 0.717) is 34.3 Å². The molecule has 4 rings (SSSR count). The lowest BCUT2D eigenvalue weighted by atomic mass is 10.0. The fourth-order valence-corrected chi connectivity index (χ4v) is 3.97. The number of benzene rings is 2. The smallest absolute Gasteiger partial charge is 0.290 e. The Morgan fingerprint density at radius 1 is 1.04 bits per heavy atom. The van der Waals surface area contributed by atoms with E-state index < -0.39 is 17.5 Å². The predicted octanol–water partition coefficient (Wildman–Crippen LogP) is 3.59. The van der Waals surface area contributed by atoms with E-state index in [2.05, 4.69) is 4.98 Å². The topological polar surface area (TPSA) is 34.9 Å². The van der Waals surface area contributed by atoms with Gasteiger partial charge in [-0.2, -0.15) is 0 Å². The minimum atomic E-state index is -1.23. The van der Waals surface area contributed by atoms with Crippen LogP contribution in [0.3, 0.4) is 0 Å². The first-order valence-electron chi connectivity index (χ1n) is 6.86. The molecule has 0 atom stereocenters. The van der Waals surface area contributed by atoms with Gasteiger partial charge in [0.1, 0.15) is 5.82 Å². The van der Waals surface area contributed by atoms with Gasteiger partial charge >= 0.3 is 5.69 Å². The highest BCUT2D eigenvalue weighted by molar-refractivity contribution is 7.99. The Bertz CT molecular complexity index is 1020. The average molecular weight is 334 g/mol. The highest BCUT2D eigenvalue weighted by Gasteiger charge is 2.21. The summed E-state index contributed by atoms with van der Waals surface area (Å²) < 4.78 is 42.4. The second kappa shape index (κ2) is 5.13.